The minimum atomic E-state index is 0.155. The van der Waals surface area contributed by atoms with E-state index in [4.69, 9.17) is 5.11 Å². The van der Waals surface area contributed by atoms with Crippen LogP contribution < -0.4 is 5.32 Å². The second-order valence-electron chi connectivity index (χ2n) is 5.16. The van der Waals surface area contributed by atoms with Gasteiger partial charge in [0.1, 0.15) is 0 Å². The van der Waals surface area contributed by atoms with Gasteiger partial charge in [-0.15, -0.1) is 0 Å². The molecule has 1 aliphatic rings. The number of hydrogen-bond acceptors (Lipinski definition) is 3. The van der Waals surface area contributed by atoms with Gasteiger partial charge in [0.25, 0.3) is 0 Å². The van der Waals surface area contributed by atoms with Crippen molar-refractivity contribution in [3.63, 3.8) is 0 Å². The molecule has 1 amide bonds. The van der Waals surface area contributed by atoms with Crippen LogP contribution in [0.2, 0.25) is 0 Å². The number of nitrogens with one attached hydrogen (secondary N) is 1. The van der Waals surface area contributed by atoms with E-state index in [1.807, 2.05) is 4.90 Å². The van der Waals surface area contributed by atoms with Crippen LogP contribution in [0.15, 0.2) is 0 Å². The van der Waals surface area contributed by atoms with Gasteiger partial charge in [0.15, 0.2) is 0 Å². The van der Waals surface area contributed by atoms with Crippen LogP contribution in [-0.2, 0) is 4.79 Å². The lowest BCUT2D eigenvalue weighted by Crippen LogP contribution is -2.55. The van der Waals surface area contributed by atoms with Crippen molar-refractivity contribution in [3.05, 3.63) is 0 Å². The molecule has 0 unspecified atom stereocenters. The minimum absolute atomic E-state index is 0.155. The predicted octanol–water partition coefficient (Wildman–Crippen LogP) is 1.14. The molecule has 2 atom stereocenters. The lowest BCUT2D eigenvalue weighted by Gasteiger charge is -2.42. The molecule has 4 heteroatoms. The van der Waals surface area contributed by atoms with Crippen LogP contribution in [0.4, 0.5) is 0 Å². The van der Waals surface area contributed by atoms with E-state index in [1.165, 1.54) is 12.8 Å². The highest BCUT2D eigenvalue weighted by Gasteiger charge is 2.32. The summed E-state index contributed by atoms with van der Waals surface area (Å²) in [5, 5.41) is 12.3. The number of carbonyl (C=O) groups excluding carboxylic acids is 1. The minimum Gasteiger partial charge on any atom is -0.395 e. The summed E-state index contributed by atoms with van der Waals surface area (Å²) in [5.41, 5.74) is 0. The fourth-order valence-corrected chi connectivity index (χ4v) is 2.91. The van der Waals surface area contributed by atoms with Crippen LogP contribution in [0, 0.1) is 0 Å². The van der Waals surface area contributed by atoms with Gasteiger partial charge in [-0.25, -0.2) is 0 Å². The first-order chi connectivity index (χ1) is 8.07. The second kappa shape index (κ2) is 6.97. The second-order valence-corrected chi connectivity index (χ2v) is 5.16. The van der Waals surface area contributed by atoms with Gasteiger partial charge in [0.05, 0.1) is 6.61 Å². The first-order valence-corrected chi connectivity index (χ1v) is 6.71. The van der Waals surface area contributed by atoms with E-state index in [0.717, 1.165) is 12.8 Å². The average Bonchev–Trinajstić information content (AvgIpc) is 2.27. The zero-order chi connectivity index (χ0) is 12.8. The summed E-state index contributed by atoms with van der Waals surface area (Å²) in [6.07, 6.45) is 4.57. The number of hydrogen-bond donors (Lipinski definition) is 2. The largest absolute Gasteiger partial charge is 0.395 e. The van der Waals surface area contributed by atoms with Gasteiger partial charge in [-0.1, -0.05) is 12.8 Å². The van der Waals surface area contributed by atoms with Gasteiger partial charge in [-0.3, -0.25) is 4.79 Å². The predicted molar refractivity (Wildman–Crippen MR) is 68.8 cm³/mol. The molecule has 0 aliphatic heterocycles. The number of aliphatic hydroxyl groups is 1. The maximum absolute atomic E-state index is 11.8. The molecule has 1 saturated carbocycles. The van der Waals surface area contributed by atoms with Crippen molar-refractivity contribution in [3.8, 4) is 0 Å². The molecule has 0 aromatic carbocycles. The molecule has 0 bridgehead atoms. The molecule has 1 aliphatic carbocycles. The Morgan fingerprint density at radius 1 is 1.41 bits per heavy atom. The zero-order valence-corrected chi connectivity index (χ0v) is 11.3. The molecule has 4 nitrogen and oxygen atoms in total. The Balaban J connectivity index is 2.70. The molecule has 17 heavy (non-hydrogen) atoms. The third-order valence-electron chi connectivity index (χ3n) is 3.53. The summed E-state index contributed by atoms with van der Waals surface area (Å²) in [6.45, 7) is 6.56. The summed E-state index contributed by atoms with van der Waals surface area (Å²) in [6, 6.07) is 0.865. The van der Waals surface area contributed by atoms with Crippen LogP contribution in [0.1, 0.15) is 46.5 Å². The molecule has 0 saturated heterocycles. The maximum atomic E-state index is 11.8. The lowest BCUT2D eigenvalue weighted by atomic mass is 9.88. The van der Waals surface area contributed by atoms with E-state index in [9.17, 15) is 4.79 Å². The fourth-order valence-electron chi connectivity index (χ4n) is 2.91. The molecule has 0 spiro atoms. The van der Waals surface area contributed by atoms with Gasteiger partial charge in [-0.2, -0.15) is 0 Å². The van der Waals surface area contributed by atoms with Gasteiger partial charge in [-0.05, 0) is 26.7 Å². The number of rotatable bonds is 5. The molecule has 100 valence electrons. The molecule has 1 rings (SSSR count). The number of aliphatic hydroxyl groups excluding tert-OH is 1. The van der Waals surface area contributed by atoms with Gasteiger partial charge in [0.2, 0.25) is 5.91 Å². The molecule has 0 aromatic rings. The Morgan fingerprint density at radius 2 is 2.06 bits per heavy atom. The monoisotopic (exact) mass is 242 g/mol. The standard InChI is InChI=1S/C13H26N2O2/c1-10(2)15(11(3)17)13-7-5-4-6-12(13)14-8-9-16/h10,12-14,16H,4-9H2,1-3H3/t12-,13+/m0/s1. The topological polar surface area (TPSA) is 52.6 Å². The normalized spacial score (nSPS) is 25.0. The summed E-state index contributed by atoms with van der Waals surface area (Å²) < 4.78 is 0. The number of carbonyl (C=O) groups is 1. The third-order valence-corrected chi connectivity index (χ3v) is 3.53. The van der Waals surface area contributed by atoms with E-state index >= 15 is 0 Å². The highest BCUT2D eigenvalue weighted by Crippen LogP contribution is 2.25. The van der Waals surface area contributed by atoms with Crippen LogP contribution in [0.3, 0.4) is 0 Å². The SMILES string of the molecule is CC(=O)N(C(C)C)[C@@H]1CCCC[C@@H]1NCCO. The highest BCUT2D eigenvalue weighted by atomic mass is 16.3. The summed E-state index contributed by atoms with van der Waals surface area (Å²) in [4.78, 5) is 13.7. The molecule has 2 N–H and O–H groups in total. The van der Waals surface area contributed by atoms with Crippen LogP contribution in [-0.4, -0.2) is 47.2 Å². The molecular formula is C13H26N2O2. The average molecular weight is 242 g/mol. The Hall–Kier alpha value is -0.610. The maximum Gasteiger partial charge on any atom is 0.219 e. The van der Waals surface area contributed by atoms with Crippen molar-refractivity contribution in [1.82, 2.24) is 10.2 Å². The Bertz CT molecular complexity index is 244. The Morgan fingerprint density at radius 3 is 2.59 bits per heavy atom. The van der Waals surface area contributed by atoms with E-state index in [2.05, 4.69) is 19.2 Å². The number of amides is 1. The van der Waals surface area contributed by atoms with E-state index in [0.29, 0.717) is 12.6 Å². The van der Waals surface area contributed by atoms with Gasteiger partial charge < -0.3 is 15.3 Å². The van der Waals surface area contributed by atoms with Crippen molar-refractivity contribution < 1.29 is 9.90 Å². The molecule has 0 radical (unpaired) electrons. The summed E-state index contributed by atoms with van der Waals surface area (Å²) in [5.74, 6) is 0.155. The Labute approximate surface area is 104 Å². The highest BCUT2D eigenvalue weighted by molar-refractivity contribution is 5.74. The fraction of sp³-hybridized carbons (Fsp3) is 0.923. The van der Waals surface area contributed by atoms with Crippen molar-refractivity contribution >= 4 is 5.91 Å². The molecule has 1 fully saturated rings. The lowest BCUT2D eigenvalue weighted by molar-refractivity contribution is -0.134. The quantitative estimate of drug-likeness (QED) is 0.760. The molecule has 0 aromatic heterocycles. The van der Waals surface area contributed by atoms with Gasteiger partial charge in [0, 0.05) is 31.6 Å². The van der Waals surface area contributed by atoms with Crippen LogP contribution in [0.25, 0.3) is 0 Å². The smallest absolute Gasteiger partial charge is 0.219 e. The molecule has 0 heterocycles. The Kier molecular flexibility index (Phi) is 5.92. The van der Waals surface area contributed by atoms with Crippen molar-refractivity contribution in [2.45, 2.75) is 64.6 Å². The van der Waals surface area contributed by atoms with Crippen molar-refractivity contribution in [1.29, 1.82) is 0 Å². The summed E-state index contributed by atoms with van der Waals surface area (Å²) >= 11 is 0. The summed E-state index contributed by atoms with van der Waals surface area (Å²) in [7, 11) is 0. The van der Waals surface area contributed by atoms with Gasteiger partial charge >= 0.3 is 0 Å². The van der Waals surface area contributed by atoms with E-state index < -0.39 is 0 Å². The third kappa shape index (κ3) is 3.96. The van der Waals surface area contributed by atoms with E-state index in [1.54, 1.807) is 6.92 Å². The van der Waals surface area contributed by atoms with Crippen molar-refractivity contribution in [2.24, 2.45) is 0 Å². The first-order valence-electron chi connectivity index (χ1n) is 6.71. The first kappa shape index (κ1) is 14.5. The van der Waals surface area contributed by atoms with E-state index in [-0.39, 0.29) is 24.6 Å². The zero-order valence-electron chi connectivity index (χ0n) is 11.3. The molecular weight excluding hydrogens is 216 g/mol. The van der Waals surface area contributed by atoms with Crippen LogP contribution in [0.5, 0.6) is 0 Å². The number of nitrogens with zero attached hydrogens (tertiary/aromatic N) is 1. The van der Waals surface area contributed by atoms with Crippen molar-refractivity contribution in [2.75, 3.05) is 13.2 Å². The van der Waals surface area contributed by atoms with Crippen LogP contribution >= 0.6 is 0 Å².